The third-order valence-electron chi connectivity index (χ3n) is 0. The van der Waals surface area contributed by atoms with Gasteiger partial charge in [-0.2, -0.15) is 0 Å². The Morgan fingerprint density at radius 2 is 1.50 bits per heavy atom. The quantitative estimate of drug-likeness (QED) is 0.484. The minimum Gasteiger partial charge on any atom is 0 e. The molecule has 0 unspecified atom stereocenters. The van der Waals surface area contributed by atoms with E-state index in [-0.39, 0.29) is 86.7 Å². The van der Waals surface area contributed by atoms with Crippen LogP contribution in [0.5, 0.6) is 0 Å². The van der Waals surface area contributed by atoms with Crippen LogP contribution >= 0.6 is 0 Å². The molecule has 0 radical (unpaired) electrons. The molecule has 0 atom stereocenters. The van der Waals surface area contributed by atoms with Crippen molar-refractivity contribution in [3.05, 3.63) is 0 Å². The second-order valence-corrected chi connectivity index (χ2v) is 0. The molecular weight excluding hydrogens is 219 g/mol. The van der Waals surface area contributed by atoms with Gasteiger partial charge in [-0.3, -0.25) is 0 Å². The average molecular weight is 222 g/mol. The standard InChI is InChI=1S/Ca.In.O.Ti.3H/q+2;;;;;2*-1. The molecule has 4 heteroatoms. The first-order valence-electron chi connectivity index (χ1n) is 0.289. The van der Waals surface area contributed by atoms with E-state index in [2.05, 4.69) is 0 Å². The second kappa shape index (κ2) is 17.4. The molecule has 0 fully saturated rings. The molecule has 0 aliphatic rings. The van der Waals surface area contributed by atoms with E-state index >= 15 is 0 Å². The van der Waals surface area contributed by atoms with Gasteiger partial charge in [-0.25, -0.2) is 0 Å². The van der Waals surface area contributed by atoms with Crippen molar-refractivity contribution in [2.45, 2.75) is 0 Å². The van der Waals surface area contributed by atoms with Crippen LogP contribution in [-0.4, -0.2) is 62.1 Å². The molecule has 18 valence electrons. The van der Waals surface area contributed by atoms with Crippen molar-refractivity contribution in [2.24, 2.45) is 0 Å². The summed E-state index contributed by atoms with van der Waals surface area (Å²) in [6, 6.07) is 0. The van der Waals surface area contributed by atoms with Crippen molar-refractivity contribution >= 4 is 62.1 Å². The maximum atomic E-state index is 8.42. The molecule has 0 rings (SSSR count). The Balaban J connectivity index is -0.000000000833. The SMILES string of the molecule is [Ca+2].[H-].[H-].[O]=[InH].[Ti]. The molecule has 0 heterocycles. The maximum Gasteiger partial charge on any atom is 0 e. The molecule has 0 bridgehead atoms. The topological polar surface area (TPSA) is 17.1 Å². The molecule has 0 aromatic carbocycles. The van der Waals surface area contributed by atoms with E-state index in [1.807, 2.05) is 0 Å². The number of hydrogen-bond donors (Lipinski definition) is 0. The average Bonchev–Trinajstić information content (AvgIpc) is 1.00. The Labute approximate surface area is 87.8 Å². The second-order valence-electron chi connectivity index (χ2n) is 0. The van der Waals surface area contributed by atoms with E-state index in [4.69, 9.17) is 2.85 Å². The van der Waals surface area contributed by atoms with Gasteiger partial charge in [-0.05, 0) is 0 Å². The van der Waals surface area contributed by atoms with Crippen molar-refractivity contribution in [1.29, 1.82) is 0 Å². The first kappa shape index (κ1) is 15.9. The maximum absolute atomic E-state index is 8.42. The van der Waals surface area contributed by atoms with Gasteiger partial charge in [0.25, 0.3) is 0 Å². The van der Waals surface area contributed by atoms with Gasteiger partial charge in [0.2, 0.25) is 0 Å². The van der Waals surface area contributed by atoms with Gasteiger partial charge in [0.15, 0.2) is 0 Å². The molecule has 0 aromatic heterocycles. The van der Waals surface area contributed by atoms with Gasteiger partial charge >= 0.3 is 65.0 Å². The minimum absolute atomic E-state index is 0. The molecule has 1 nitrogen and oxygen atoms in total. The first-order valence-corrected chi connectivity index (χ1v) is 1.94. The van der Waals surface area contributed by atoms with Gasteiger partial charge in [0.05, 0.1) is 0 Å². The Morgan fingerprint density at radius 3 is 1.50 bits per heavy atom. The molecule has 0 saturated carbocycles. The smallest absolute Gasteiger partial charge is 0 e. The molecule has 0 spiro atoms. The summed E-state index contributed by atoms with van der Waals surface area (Å²) in [6.45, 7) is 0. The fourth-order valence-corrected chi connectivity index (χ4v) is 0. The summed E-state index contributed by atoms with van der Waals surface area (Å²) in [5.41, 5.74) is 0. The van der Waals surface area contributed by atoms with Crippen LogP contribution in [0.25, 0.3) is 0 Å². The zero-order valence-corrected chi connectivity index (χ0v) is 10.1. The van der Waals surface area contributed by atoms with Gasteiger partial charge in [-0.1, -0.05) is 0 Å². The predicted octanol–water partition coefficient (Wildman–Crippen LogP) is -0.926. The van der Waals surface area contributed by atoms with Crippen LogP contribution < -0.4 is 0 Å². The molecule has 0 saturated heterocycles. The van der Waals surface area contributed by atoms with Crippen LogP contribution in [0.3, 0.4) is 0 Å². The van der Waals surface area contributed by atoms with E-state index in [1.165, 1.54) is 0 Å². The van der Waals surface area contributed by atoms with Crippen LogP contribution in [0, 0.1) is 0 Å². The van der Waals surface area contributed by atoms with Gasteiger partial charge in [-0.15, -0.1) is 0 Å². The summed E-state index contributed by atoms with van der Waals surface area (Å²) in [4.78, 5) is 0. The third kappa shape index (κ3) is 8.82. The summed E-state index contributed by atoms with van der Waals surface area (Å²) < 4.78 is 8.42. The van der Waals surface area contributed by atoms with Crippen molar-refractivity contribution in [3.8, 4) is 0 Å². The molecule has 4 heavy (non-hydrogen) atoms. The van der Waals surface area contributed by atoms with Crippen molar-refractivity contribution in [3.63, 3.8) is 0 Å². The fourth-order valence-electron chi connectivity index (χ4n) is 0. The zero-order valence-electron chi connectivity index (χ0n) is 4.32. The van der Waals surface area contributed by atoms with Crippen LogP contribution in [0.15, 0.2) is 0 Å². The molecule has 0 N–H and O–H groups in total. The molecule has 0 amide bonds. The van der Waals surface area contributed by atoms with Crippen molar-refractivity contribution < 1.29 is 27.4 Å². The summed E-state index contributed by atoms with van der Waals surface area (Å²) in [5.74, 6) is 0. The first-order chi connectivity index (χ1) is 1.00. The number of rotatable bonds is 0. The summed E-state index contributed by atoms with van der Waals surface area (Å²) >= 11 is -0.1000. The Kier molecular flexibility index (Phi) is 69.4. The summed E-state index contributed by atoms with van der Waals surface area (Å²) in [5, 5.41) is 0. The normalized spacial score (nSPS) is 0.750. The van der Waals surface area contributed by atoms with Crippen LogP contribution in [0.4, 0.5) is 0 Å². The Morgan fingerprint density at radius 1 is 1.50 bits per heavy atom. The van der Waals surface area contributed by atoms with Gasteiger partial charge < -0.3 is 2.85 Å². The molecule has 0 aromatic rings. The third-order valence-corrected chi connectivity index (χ3v) is 0. The largest absolute Gasteiger partial charge is 0 e. The fraction of sp³-hybridized carbons (Fsp3) is 0. The van der Waals surface area contributed by atoms with Crippen molar-refractivity contribution in [2.75, 3.05) is 0 Å². The van der Waals surface area contributed by atoms with E-state index in [0.717, 1.165) is 0 Å². The number of hydrogen-bond acceptors (Lipinski definition) is 1. The van der Waals surface area contributed by atoms with E-state index in [1.54, 1.807) is 0 Å². The van der Waals surface area contributed by atoms with Gasteiger partial charge in [0.1, 0.15) is 0 Å². The van der Waals surface area contributed by atoms with Gasteiger partial charge in [0, 0.05) is 21.7 Å². The summed E-state index contributed by atoms with van der Waals surface area (Å²) in [7, 11) is 0. The molecule has 0 aliphatic carbocycles. The van der Waals surface area contributed by atoms with E-state index in [9.17, 15) is 0 Å². The predicted molar refractivity (Wildman–Crippen MR) is 15.8 cm³/mol. The van der Waals surface area contributed by atoms with E-state index in [0.29, 0.717) is 0 Å². The van der Waals surface area contributed by atoms with Crippen LogP contribution in [0.1, 0.15) is 2.85 Å². The minimum atomic E-state index is -0.1000. The Hall–Kier alpha value is 2.64. The van der Waals surface area contributed by atoms with Crippen molar-refractivity contribution in [1.82, 2.24) is 0 Å². The molecule has 0 aliphatic heterocycles. The zero-order chi connectivity index (χ0) is 2.00. The van der Waals surface area contributed by atoms with Crippen LogP contribution in [-0.2, 0) is 24.6 Å². The summed E-state index contributed by atoms with van der Waals surface area (Å²) in [6.07, 6.45) is 0. The molecular formula is H3CaInOTi. The monoisotopic (exact) mass is 222 g/mol. The Bertz CT molecular complexity index is 13.5. The van der Waals surface area contributed by atoms with E-state index < -0.39 is 0 Å². The van der Waals surface area contributed by atoms with Crippen LogP contribution in [0.2, 0.25) is 0 Å².